The van der Waals surface area contributed by atoms with Crippen molar-refractivity contribution >= 4 is 11.7 Å². The lowest BCUT2D eigenvalue weighted by molar-refractivity contribution is 0.0948. The SMILES string of the molecule is CN(C)c1ncccc1C(=O)NCC1(c2ccccc2)CC1(C)C. The van der Waals surface area contributed by atoms with Crippen LogP contribution in [0.3, 0.4) is 0 Å². The van der Waals surface area contributed by atoms with E-state index in [0.717, 1.165) is 6.42 Å². The molecule has 1 heterocycles. The number of nitrogens with zero attached hydrogens (tertiary/aromatic N) is 2. The Balaban J connectivity index is 1.79. The molecule has 1 atom stereocenters. The van der Waals surface area contributed by atoms with Crippen LogP contribution in [0, 0.1) is 5.41 Å². The minimum absolute atomic E-state index is 0.0183. The van der Waals surface area contributed by atoms with E-state index < -0.39 is 0 Å². The molecule has 1 saturated carbocycles. The van der Waals surface area contributed by atoms with Crippen LogP contribution in [-0.4, -0.2) is 31.5 Å². The lowest BCUT2D eigenvalue weighted by Crippen LogP contribution is -2.35. The molecule has 0 bridgehead atoms. The van der Waals surface area contributed by atoms with Crippen LogP contribution in [0.1, 0.15) is 36.2 Å². The minimum atomic E-state index is -0.0650. The van der Waals surface area contributed by atoms with Crippen LogP contribution in [-0.2, 0) is 5.41 Å². The molecule has 1 aliphatic rings. The summed E-state index contributed by atoms with van der Waals surface area (Å²) in [7, 11) is 3.79. The van der Waals surface area contributed by atoms with Gasteiger partial charge >= 0.3 is 0 Å². The van der Waals surface area contributed by atoms with Crippen LogP contribution < -0.4 is 10.2 Å². The second-order valence-electron chi connectivity index (χ2n) is 7.46. The van der Waals surface area contributed by atoms with Gasteiger partial charge in [-0.3, -0.25) is 4.79 Å². The van der Waals surface area contributed by atoms with Crippen LogP contribution in [0.2, 0.25) is 0 Å². The quantitative estimate of drug-likeness (QED) is 0.919. The Bertz CT molecular complexity index is 740. The smallest absolute Gasteiger partial charge is 0.255 e. The number of pyridine rings is 1. The number of benzene rings is 1. The zero-order valence-corrected chi connectivity index (χ0v) is 14.8. The Kier molecular flexibility index (Phi) is 4.08. The fourth-order valence-electron chi connectivity index (χ4n) is 3.62. The summed E-state index contributed by atoms with van der Waals surface area (Å²) in [4.78, 5) is 18.9. The first kappa shape index (κ1) is 16.5. The van der Waals surface area contributed by atoms with Gasteiger partial charge in [0.05, 0.1) is 5.56 Å². The highest BCUT2D eigenvalue weighted by molar-refractivity contribution is 5.98. The van der Waals surface area contributed by atoms with Crippen LogP contribution in [0.5, 0.6) is 0 Å². The Labute approximate surface area is 143 Å². The molecule has 3 rings (SSSR count). The van der Waals surface area contributed by atoms with Crippen LogP contribution >= 0.6 is 0 Å². The van der Waals surface area contributed by atoms with E-state index in [-0.39, 0.29) is 16.7 Å². The number of amides is 1. The second kappa shape index (κ2) is 5.93. The number of aromatic nitrogens is 1. The normalized spacial score (nSPS) is 21.2. The number of anilines is 1. The van der Waals surface area contributed by atoms with Gasteiger partial charge in [0.2, 0.25) is 0 Å². The number of carbonyl (C=O) groups is 1. The van der Waals surface area contributed by atoms with E-state index in [1.165, 1.54) is 5.56 Å². The maximum atomic E-state index is 12.7. The van der Waals surface area contributed by atoms with Crippen molar-refractivity contribution in [3.8, 4) is 0 Å². The molecule has 2 aromatic rings. The molecule has 1 fully saturated rings. The fourth-order valence-corrected chi connectivity index (χ4v) is 3.62. The molecule has 1 N–H and O–H groups in total. The molecule has 0 aliphatic heterocycles. The maximum Gasteiger partial charge on any atom is 0.255 e. The maximum absolute atomic E-state index is 12.7. The van der Waals surface area contributed by atoms with Gasteiger partial charge in [0.15, 0.2) is 0 Å². The lowest BCUT2D eigenvalue weighted by Gasteiger charge is -2.22. The van der Waals surface area contributed by atoms with Crippen molar-refractivity contribution < 1.29 is 4.79 Å². The summed E-state index contributed by atoms with van der Waals surface area (Å²) in [5.74, 6) is 0.628. The van der Waals surface area contributed by atoms with Gasteiger partial charge in [-0.1, -0.05) is 44.2 Å². The highest BCUT2D eigenvalue weighted by Gasteiger charge is 2.61. The molecule has 24 heavy (non-hydrogen) atoms. The third-order valence-corrected chi connectivity index (χ3v) is 5.25. The largest absolute Gasteiger partial charge is 0.362 e. The van der Waals surface area contributed by atoms with Gasteiger partial charge in [0, 0.05) is 32.3 Å². The third-order valence-electron chi connectivity index (χ3n) is 5.25. The van der Waals surface area contributed by atoms with Crippen molar-refractivity contribution in [1.82, 2.24) is 10.3 Å². The molecule has 126 valence electrons. The van der Waals surface area contributed by atoms with Gasteiger partial charge in [-0.15, -0.1) is 0 Å². The summed E-state index contributed by atoms with van der Waals surface area (Å²) in [6.07, 6.45) is 2.79. The summed E-state index contributed by atoms with van der Waals surface area (Å²) >= 11 is 0. The van der Waals surface area contributed by atoms with E-state index in [9.17, 15) is 4.79 Å². The molecule has 1 aromatic carbocycles. The summed E-state index contributed by atoms with van der Waals surface area (Å²) in [5, 5.41) is 3.15. The zero-order chi connectivity index (χ0) is 17.4. The van der Waals surface area contributed by atoms with Crippen LogP contribution in [0.15, 0.2) is 48.7 Å². The molecule has 4 nitrogen and oxygen atoms in total. The van der Waals surface area contributed by atoms with Crippen molar-refractivity contribution in [2.75, 3.05) is 25.5 Å². The minimum Gasteiger partial charge on any atom is -0.362 e. The highest BCUT2D eigenvalue weighted by atomic mass is 16.1. The monoisotopic (exact) mass is 323 g/mol. The summed E-state index contributed by atoms with van der Waals surface area (Å²) < 4.78 is 0. The molecule has 0 radical (unpaired) electrons. The van der Waals surface area contributed by atoms with Crippen molar-refractivity contribution in [1.29, 1.82) is 0 Å². The first-order valence-electron chi connectivity index (χ1n) is 8.33. The van der Waals surface area contributed by atoms with E-state index in [1.54, 1.807) is 12.3 Å². The van der Waals surface area contributed by atoms with Gasteiger partial charge < -0.3 is 10.2 Å². The number of carbonyl (C=O) groups excluding carboxylic acids is 1. The number of hydrogen-bond donors (Lipinski definition) is 1. The van der Waals surface area contributed by atoms with E-state index >= 15 is 0 Å². The van der Waals surface area contributed by atoms with E-state index in [2.05, 4.69) is 48.4 Å². The van der Waals surface area contributed by atoms with Crippen LogP contribution in [0.4, 0.5) is 5.82 Å². The summed E-state index contributed by atoms with van der Waals surface area (Å²) in [6, 6.07) is 14.1. The van der Waals surface area contributed by atoms with Gasteiger partial charge in [-0.05, 0) is 29.5 Å². The Hall–Kier alpha value is -2.36. The van der Waals surface area contributed by atoms with Gasteiger partial charge in [-0.25, -0.2) is 4.98 Å². The first-order chi connectivity index (χ1) is 11.4. The molecule has 1 aliphatic carbocycles. The highest BCUT2D eigenvalue weighted by Crippen LogP contribution is 2.63. The molecule has 1 aromatic heterocycles. The molecular formula is C20H25N3O. The number of nitrogens with one attached hydrogen (secondary N) is 1. The predicted molar refractivity (Wildman–Crippen MR) is 97.4 cm³/mol. The third kappa shape index (κ3) is 2.77. The molecule has 0 saturated heterocycles. The van der Waals surface area contributed by atoms with Crippen molar-refractivity contribution in [2.45, 2.75) is 25.7 Å². The second-order valence-corrected chi connectivity index (χ2v) is 7.46. The molecule has 0 spiro atoms. The molecule has 1 amide bonds. The summed E-state index contributed by atoms with van der Waals surface area (Å²) in [5.41, 5.74) is 2.13. The van der Waals surface area contributed by atoms with E-state index in [4.69, 9.17) is 0 Å². The average molecular weight is 323 g/mol. The first-order valence-corrected chi connectivity index (χ1v) is 8.33. The molecule has 1 unspecified atom stereocenters. The zero-order valence-electron chi connectivity index (χ0n) is 14.8. The fraction of sp³-hybridized carbons (Fsp3) is 0.400. The number of hydrogen-bond acceptors (Lipinski definition) is 3. The van der Waals surface area contributed by atoms with E-state index in [1.807, 2.05) is 31.1 Å². The Morgan fingerprint density at radius 1 is 1.17 bits per heavy atom. The Morgan fingerprint density at radius 3 is 2.42 bits per heavy atom. The van der Waals surface area contributed by atoms with Crippen molar-refractivity contribution in [3.63, 3.8) is 0 Å². The van der Waals surface area contributed by atoms with Crippen LogP contribution in [0.25, 0.3) is 0 Å². The van der Waals surface area contributed by atoms with Gasteiger partial charge in [0.1, 0.15) is 5.82 Å². The average Bonchev–Trinajstić information content (AvgIpc) is 3.16. The number of rotatable bonds is 5. The topological polar surface area (TPSA) is 45.2 Å². The predicted octanol–water partition coefficient (Wildman–Crippen LogP) is 3.25. The van der Waals surface area contributed by atoms with E-state index in [0.29, 0.717) is 17.9 Å². The lowest BCUT2D eigenvalue weighted by atomic mass is 9.88. The summed E-state index contributed by atoms with van der Waals surface area (Å²) in [6.45, 7) is 5.17. The van der Waals surface area contributed by atoms with Crippen molar-refractivity contribution in [2.24, 2.45) is 5.41 Å². The van der Waals surface area contributed by atoms with Gasteiger partial charge in [0.25, 0.3) is 5.91 Å². The molecule has 4 heteroatoms. The molecular weight excluding hydrogens is 298 g/mol. The Morgan fingerprint density at radius 2 is 1.83 bits per heavy atom. The van der Waals surface area contributed by atoms with Crippen molar-refractivity contribution in [3.05, 3.63) is 59.8 Å². The standard InChI is InChI=1S/C20H25N3O/c1-19(2)13-20(19,15-9-6-5-7-10-15)14-22-18(24)16-11-8-12-21-17(16)23(3)4/h5-12H,13-14H2,1-4H3,(H,22,24). The van der Waals surface area contributed by atoms with Gasteiger partial charge in [-0.2, -0.15) is 0 Å².